The summed E-state index contributed by atoms with van der Waals surface area (Å²) < 4.78 is 11.5. The molecule has 0 aromatic heterocycles. The van der Waals surface area contributed by atoms with Gasteiger partial charge in [0.25, 0.3) is 0 Å². The summed E-state index contributed by atoms with van der Waals surface area (Å²) in [6, 6.07) is 6.83. The normalized spacial score (nSPS) is 19.9. The van der Waals surface area contributed by atoms with Gasteiger partial charge in [-0.2, -0.15) is 0 Å². The van der Waals surface area contributed by atoms with Crippen LogP contribution in [0.1, 0.15) is 77.3 Å². The van der Waals surface area contributed by atoms with Gasteiger partial charge in [0.15, 0.2) is 0 Å². The molecule has 1 aliphatic heterocycles. The second-order valence-electron chi connectivity index (χ2n) is 8.07. The topological polar surface area (TPSA) is 76.7 Å². The molecule has 29 heavy (non-hydrogen) atoms. The maximum absolute atomic E-state index is 12.9. The number of unbranched alkanes of at least 4 members (excludes halogenated alkanes) is 1. The number of benzene rings is 1. The molecule has 1 heterocycles. The first-order chi connectivity index (χ1) is 14.0. The minimum atomic E-state index is -0.539. The summed E-state index contributed by atoms with van der Waals surface area (Å²) in [6.07, 6.45) is 7.17. The van der Waals surface area contributed by atoms with E-state index >= 15 is 0 Å². The largest absolute Gasteiger partial charge is 0.490 e. The van der Waals surface area contributed by atoms with Crippen molar-refractivity contribution in [1.29, 1.82) is 0 Å². The Morgan fingerprint density at radius 1 is 1.17 bits per heavy atom. The van der Waals surface area contributed by atoms with Crippen LogP contribution >= 0.6 is 0 Å². The third-order valence-electron chi connectivity index (χ3n) is 5.32. The molecular formula is C23H32N2O4. The molecule has 6 nitrogen and oxygen atoms in total. The van der Waals surface area contributed by atoms with Crippen LogP contribution in [-0.4, -0.2) is 24.2 Å². The minimum absolute atomic E-state index is 0.233. The fraction of sp³-hybridized carbons (Fsp3) is 0.565. The highest BCUT2D eigenvalue weighted by Crippen LogP contribution is 2.32. The van der Waals surface area contributed by atoms with Crippen molar-refractivity contribution in [2.24, 2.45) is 0 Å². The molecule has 0 bridgehead atoms. The highest BCUT2D eigenvalue weighted by atomic mass is 16.5. The van der Waals surface area contributed by atoms with Gasteiger partial charge in [-0.1, -0.05) is 25.5 Å². The zero-order valence-corrected chi connectivity index (χ0v) is 17.6. The third kappa shape index (κ3) is 5.52. The summed E-state index contributed by atoms with van der Waals surface area (Å²) in [5.41, 5.74) is 1.97. The van der Waals surface area contributed by atoms with Gasteiger partial charge in [-0.15, -0.1) is 0 Å². The van der Waals surface area contributed by atoms with E-state index in [-0.39, 0.29) is 18.2 Å². The van der Waals surface area contributed by atoms with E-state index in [0.29, 0.717) is 17.7 Å². The van der Waals surface area contributed by atoms with E-state index in [1.54, 1.807) is 0 Å². The summed E-state index contributed by atoms with van der Waals surface area (Å²) in [7, 11) is 0. The van der Waals surface area contributed by atoms with Crippen molar-refractivity contribution < 1.29 is 19.1 Å². The lowest BCUT2D eigenvalue weighted by Crippen LogP contribution is -2.46. The van der Waals surface area contributed by atoms with Gasteiger partial charge in [0.1, 0.15) is 5.75 Å². The summed E-state index contributed by atoms with van der Waals surface area (Å²) in [5.74, 6) is 0.428. The van der Waals surface area contributed by atoms with E-state index < -0.39 is 12.0 Å². The van der Waals surface area contributed by atoms with Crippen molar-refractivity contribution >= 4 is 12.0 Å². The molecule has 1 aromatic carbocycles. The Hall–Kier alpha value is -2.50. The molecule has 0 spiro atoms. The van der Waals surface area contributed by atoms with E-state index in [4.69, 9.17) is 9.47 Å². The van der Waals surface area contributed by atoms with E-state index in [9.17, 15) is 9.59 Å². The van der Waals surface area contributed by atoms with Crippen molar-refractivity contribution in [3.8, 4) is 5.75 Å². The minimum Gasteiger partial charge on any atom is -0.490 e. The van der Waals surface area contributed by atoms with Crippen molar-refractivity contribution in [1.82, 2.24) is 10.6 Å². The molecule has 0 saturated heterocycles. The van der Waals surface area contributed by atoms with Crippen LogP contribution < -0.4 is 15.4 Å². The molecule has 2 aliphatic rings. The molecule has 2 amide bonds. The van der Waals surface area contributed by atoms with Crippen LogP contribution in [0.5, 0.6) is 5.75 Å². The Labute approximate surface area is 173 Å². The molecule has 1 fully saturated rings. The number of carbonyl (C=O) groups is 2. The second-order valence-corrected chi connectivity index (χ2v) is 8.07. The SMILES string of the molecule is CCCCC1=C(C(=O)OC(C)C)C(c2ccc(OC3CCCC3)cc2)NC(=O)N1. The monoisotopic (exact) mass is 400 g/mol. The van der Waals surface area contributed by atoms with Crippen molar-refractivity contribution in [2.45, 2.75) is 84.0 Å². The standard InChI is InChI=1S/C23H32N2O4/c1-4-5-10-19-20(22(26)28-15(2)3)21(25-23(27)24-19)16-11-13-18(14-12-16)29-17-8-6-7-9-17/h11-15,17,21H,4-10H2,1-3H3,(H2,24,25,27). The Bertz CT molecular complexity index is 749. The quantitative estimate of drug-likeness (QED) is 0.617. The maximum atomic E-state index is 12.9. The number of esters is 1. The molecular weight excluding hydrogens is 368 g/mol. The number of allylic oxidation sites excluding steroid dienone is 1. The summed E-state index contributed by atoms with van der Waals surface area (Å²) in [5, 5.41) is 5.71. The van der Waals surface area contributed by atoms with E-state index in [2.05, 4.69) is 17.6 Å². The summed E-state index contributed by atoms with van der Waals surface area (Å²) in [4.78, 5) is 25.1. The van der Waals surface area contributed by atoms with E-state index in [1.807, 2.05) is 38.1 Å². The lowest BCUT2D eigenvalue weighted by atomic mass is 9.93. The van der Waals surface area contributed by atoms with Gasteiger partial charge >= 0.3 is 12.0 Å². The van der Waals surface area contributed by atoms with Crippen LogP contribution in [0, 0.1) is 0 Å². The Kier molecular flexibility index (Phi) is 7.18. The summed E-state index contributed by atoms with van der Waals surface area (Å²) in [6.45, 7) is 5.72. The van der Waals surface area contributed by atoms with Crippen LogP contribution in [-0.2, 0) is 9.53 Å². The molecule has 0 radical (unpaired) electrons. The third-order valence-corrected chi connectivity index (χ3v) is 5.32. The highest BCUT2D eigenvalue weighted by Gasteiger charge is 2.34. The molecule has 1 saturated carbocycles. The molecule has 1 atom stereocenters. The Balaban J connectivity index is 1.86. The van der Waals surface area contributed by atoms with Crippen LogP contribution in [0.2, 0.25) is 0 Å². The van der Waals surface area contributed by atoms with Gasteiger partial charge in [-0.3, -0.25) is 0 Å². The van der Waals surface area contributed by atoms with Crippen LogP contribution in [0.15, 0.2) is 35.5 Å². The molecule has 1 unspecified atom stereocenters. The van der Waals surface area contributed by atoms with Crippen molar-refractivity contribution in [2.75, 3.05) is 0 Å². The van der Waals surface area contributed by atoms with Gasteiger partial charge in [-0.05, 0) is 70.1 Å². The van der Waals surface area contributed by atoms with E-state index in [0.717, 1.165) is 37.0 Å². The zero-order chi connectivity index (χ0) is 20.8. The van der Waals surface area contributed by atoms with E-state index in [1.165, 1.54) is 12.8 Å². The zero-order valence-electron chi connectivity index (χ0n) is 17.6. The van der Waals surface area contributed by atoms with Crippen molar-refractivity contribution in [3.05, 3.63) is 41.1 Å². The highest BCUT2D eigenvalue weighted by molar-refractivity contribution is 5.95. The average Bonchev–Trinajstić information content (AvgIpc) is 3.18. The van der Waals surface area contributed by atoms with Gasteiger partial charge in [-0.25, -0.2) is 9.59 Å². The van der Waals surface area contributed by atoms with Crippen LogP contribution in [0.4, 0.5) is 4.79 Å². The number of hydrogen-bond acceptors (Lipinski definition) is 4. The van der Waals surface area contributed by atoms with Gasteiger partial charge in [0.2, 0.25) is 0 Å². The number of nitrogens with one attached hydrogen (secondary N) is 2. The smallest absolute Gasteiger partial charge is 0.338 e. The molecule has 6 heteroatoms. The lowest BCUT2D eigenvalue weighted by Gasteiger charge is -2.30. The molecule has 2 N–H and O–H groups in total. The number of ether oxygens (including phenoxy) is 2. The average molecular weight is 401 g/mol. The first kappa shape index (κ1) is 21.2. The van der Waals surface area contributed by atoms with Gasteiger partial charge in [0, 0.05) is 5.70 Å². The molecule has 1 aliphatic carbocycles. The lowest BCUT2D eigenvalue weighted by molar-refractivity contribution is -0.143. The number of carbonyl (C=O) groups excluding carboxylic acids is 2. The predicted molar refractivity (Wildman–Crippen MR) is 112 cm³/mol. The van der Waals surface area contributed by atoms with Gasteiger partial charge < -0.3 is 20.1 Å². The summed E-state index contributed by atoms with van der Waals surface area (Å²) >= 11 is 0. The number of amides is 2. The first-order valence-electron chi connectivity index (χ1n) is 10.8. The first-order valence-corrected chi connectivity index (χ1v) is 10.8. The maximum Gasteiger partial charge on any atom is 0.338 e. The van der Waals surface area contributed by atoms with Crippen LogP contribution in [0.25, 0.3) is 0 Å². The van der Waals surface area contributed by atoms with Crippen molar-refractivity contribution in [3.63, 3.8) is 0 Å². The number of rotatable bonds is 8. The molecule has 158 valence electrons. The molecule has 3 rings (SSSR count). The predicted octanol–water partition coefficient (Wildman–Crippen LogP) is 4.76. The van der Waals surface area contributed by atoms with Gasteiger partial charge in [0.05, 0.1) is 23.8 Å². The second kappa shape index (κ2) is 9.81. The Morgan fingerprint density at radius 3 is 2.48 bits per heavy atom. The van der Waals surface area contributed by atoms with Crippen LogP contribution in [0.3, 0.4) is 0 Å². The fourth-order valence-electron chi connectivity index (χ4n) is 3.87. The number of urea groups is 1. The number of hydrogen-bond donors (Lipinski definition) is 2. The fourth-order valence-corrected chi connectivity index (χ4v) is 3.87. The molecule has 1 aromatic rings. The Morgan fingerprint density at radius 2 is 1.86 bits per heavy atom.